The van der Waals surface area contributed by atoms with Crippen LogP contribution in [0.15, 0.2) is 18.2 Å². The number of nitrogens with one attached hydrogen (secondary N) is 1. The van der Waals surface area contributed by atoms with Crippen LogP contribution in [0.5, 0.6) is 5.75 Å². The minimum absolute atomic E-state index is 0.334. The molecule has 92 valence electrons. The zero-order valence-electron chi connectivity index (χ0n) is 10.9. The van der Waals surface area contributed by atoms with Gasteiger partial charge in [-0.25, -0.2) is 0 Å². The molecule has 0 saturated carbocycles. The van der Waals surface area contributed by atoms with Crippen LogP contribution in [0.4, 0.5) is 0 Å². The van der Waals surface area contributed by atoms with E-state index in [2.05, 4.69) is 31.3 Å². The molecule has 2 atom stereocenters. The first kappa shape index (κ1) is 13.5. The summed E-state index contributed by atoms with van der Waals surface area (Å²) in [4.78, 5) is 0. The highest BCUT2D eigenvalue weighted by molar-refractivity contribution is 5.37. The van der Waals surface area contributed by atoms with Crippen LogP contribution in [0.2, 0.25) is 0 Å². The van der Waals surface area contributed by atoms with Gasteiger partial charge in [-0.05, 0) is 44.5 Å². The minimum atomic E-state index is -0.411. The van der Waals surface area contributed by atoms with Crippen LogP contribution < -0.4 is 10.1 Å². The van der Waals surface area contributed by atoms with Crippen LogP contribution in [-0.4, -0.2) is 12.6 Å². The summed E-state index contributed by atoms with van der Waals surface area (Å²) in [5.74, 6) is 0.784. The van der Waals surface area contributed by atoms with Gasteiger partial charge in [0, 0.05) is 6.04 Å². The predicted octanol–water partition coefficient (Wildman–Crippen LogP) is 2.96. The van der Waals surface area contributed by atoms with E-state index in [9.17, 15) is 0 Å². The zero-order chi connectivity index (χ0) is 12.8. The molecule has 1 aromatic carbocycles. The fraction of sp³-hybridized carbons (Fsp3) is 0.500. The van der Waals surface area contributed by atoms with E-state index in [1.165, 1.54) is 5.56 Å². The van der Waals surface area contributed by atoms with E-state index >= 15 is 0 Å². The lowest BCUT2D eigenvalue weighted by Gasteiger charge is -2.16. The lowest BCUT2D eigenvalue weighted by molar-refractivity contribution is 0.274. The van der Waals surface area contributed by atoms with E-state index in [4.69, 9.17) is 10.00 Å². The molecule has 1 rings (SSSR count). The van der Waals surface area contributed by atoms with Crippen molar-refractivity contribution in [1.29, 1.82) is 5.26 Å². The molecular weight excluding hydrogens is 212 g/mol. The lowest BCUT2D eigenvalue weighted by atomic mass is 10.0. The molecule has 0 heterocycles. The van der Waals surface area contributed by atoms with Gasteiger partial charge in [-0.15, -0.1) is 0 Å². The van der Waals surface area contributed by atoms with E-state index in [-0.39, 0.29) is 0 Å². The van der Waals surface area contributed by atoms with Gasteiger partial charge in [0.15, 0.2) is 6.10 Å². The SMILES string of the molecule is CCNC(C)c1ccc(OC(C)C#N)c(C)c1. The number of hydrogen-bond acceptors (Lipinski definition) is 3. The average Bonchev–Trinajstić information content (AvgIpc) is 2.31. The predicted molar refractivity (Wildman–Crippen MR) is 69.0 cm³/mol. The molecule has 0 aliphatic heterocycles. The Morgan fingerprint density at radius 1 is 1.41 bits per heavy atom. The molecular formula is C14H20N2O. The molecule has 0 aliphatic carbocycles. The van der Waals surface area contributed by atoms with Gasteiger partial charge in [-0.1, -0.05) is 19.1 Å². The lowest BCUT2D eigenvalue weighted by Crippen LogP contribution is -2.18. The number of nitriles is 1. The van der Waals surface area contributed by atoms with Gasteiger partial charge in [0.25, 0.3) is 0 Å². The van der Waals surface area contributed by atoms with E-state index in [0.717, 1.165) is 17.9 Å². The molecule has 0 radical (unpaired) electrons. The molecule has 0 aromatic heterocycles. The summed E-state index contributed by atoms with van der Waals surface area (Å²) >= 11 is 0. The molecule has 1 N–H and O–H groups in total. The molecule has 0 spiro atoms. The second-order valence-corrected chi connectivity index (χ2v) is 4.19. The van der Waals surface area contributed by atoms with Crippen molar-refractivity contribution < 1.29 is 4.74 Å². The van der Waals surface area contributed by atoms with Crippen molar-refractivity contribution in [2.75, 3.05) is 6.54 Å². The minimum Gasteiger partial charge on any atom is -0.476 e. The van der Waals surface area contributed by atoms with Gasteiger partial charge in [-0.2, -0.15) is 5.26 Å². The van der Waals surface area contributed by atoms with Gasteiger partial charge in [0.2, 0.25) is 0 Å². The Balaban J connectivity index is 2.83. The number of rotatable bonds is 5. The monoisotopic (exact) mass is 232 g/mol. The van der Waals surface area contributed by atoms with Crippen molar-refractivity contribution in [2.45, 2.75) is 39.8 Å². The summed E-state index contributed by atoms with van der Waals surface area (Å²) in [5, 5.41) is 12.1. The van der Waals surface area contributed by atoms with Crippen LogP contribution >= 0.6 is 0 Å². The Hall–Kier alpha value is -1.53. The first-order valence-corrected chi connectivity index (χ1v) is 5.98. The van der Waals surface area contributed by atoms with E-state index in [0.29, 0.717) is 6.04 Å². The Morgan fingerprint density at radius 2 is 2.12 bits per heavy atom. The quantitative estimate of drug-likeness (QED) is 0.849. The van der Waals surface area contributed by atoms with Gasteiger partial charge >= 0.3 is 0 Å². The summed E-state index contributed by atoms with van der Waals surface area (Å²) < 4.78 is 5.51. The first-order chi connectivity index (χ1) is 8.08. The highest BCUT2D eigenvalue weighted by Gasteiger charge is 2.08. The topological polar surface area (TPSA) is 45.0 Å². The Labute approximate surface area is 103 Å². The molecule has 3 heteroatoms. The van der Waals surface area contributed by atoms with Crippen LogP contribution in [0.3, 0.4) is 0 Å². The van der Waals surface area contributed by atoms with Crippen LogP contribution in [0, 0.1) is 18.3 Å². The number of aryl methyl sites for hydroxylation is 1. The summed E-state index contributed by atoms with van der Waals surface area (Å²) in [7, 11) is 0. The largest absolute Gasteiger partial charge is 0.476 e. The van der Waals surface area contributed by atoms with E-state index < -0.39 is 6.10 Å². The third-order valence-corrected chi connectivity index (χ3v) is 2.69. The first-order valence-electron chi connectivity index (χ1n) is 5.98. The molecule has 17 heavy (non-hydrogen) atoms. The number of benzene rings is 1. The fourth-order valence-corrected chi connectivity index (χ4v) is 1.72. The van der Waals surface area contributed by atoms with Crippen molar-refractivity contribution in [3.63, 3.8) is 0 Å². The highest BCUT2D eigenvalue weighted by atomic mass is 16.5. The molecule has 0 aliphatic rings. The normalized spacial score (nSPS) is 13.8. The molecule has 3 nitrogen and oxygen atoms in total. The van der Waals surface area contributed by atoms with Gasteiger partial charge in [0.1, 0.15) is 11.8 Å². The van der Waals surface area contributed by atoms with Crippen LogP contribution in [0.25, 0.3) is 0 Å². The van der Waals surface area contributed by atoms with E-state index in [1.807, 2.05) is 19.1 Å². The molecule has 0 saturated heterocycles. The van der Waals surface area contributed by atoms with Gasteiger partial charge in [-0.3, -0.25) is 0 Å². The summed E-state index contributed by atoms with van der Waals surface area (Å²) in [6, 6.07) is 8.48. The maximum absolute atomic E-state index is 8.71. The van der Waals surface area contributed by atoms with Crippen LogP contribution in [-0.2, 0) is 0 Å². The fourth-order valence-electron chi connectivity index (χ4n) is 1.72. The third kappa shape index (κ3) is 3.76. The Kier molecular flexibility index (Phi) is 4.99. The maximum atomic E-state index is 8.71. The van der Waals surface area contributed by atoms with Crippen molar-refractivity contribution >= 4 is 0 Å². The molecule has 1 aromatic rings. The zero-order valence-corrected chi connectivity index (χ0v) is 10.9. The molecule has 0 bridgehead atoms. The van der Waals surface area contributed by atoms with Crippen molar-refractivity contribution in [3.8, 4) is 11.8 Å². The van der Waals surface area contributed by atoms with Crippen LogP contribution in [0.1, 0.15) is 37.9 Å². The highest BCUT2D eigenvalue weighted by Crippen LogP contribution is 2.23. The summed E-state index contributed by atoms with van der Waals surface area (Å²) in [5.41, 5.74) is 2.30. The number of ether oxygens (including phenoxy) is 1. The number of hydrogen-bond donors (Lipinski definition) is 1. The maximum Gasteiger partial charge on any atom is 0.181 e. The van der Waals surface area contributed by atoms with Gasteiger partial charge < -0.3 is 10.1 Å². The van der Waals surface area contributed by atoms with Crippen molar-refractivity contribution in [2.24, 2.45) is 0 Å². The second kappa shape index (κ2) is 6.27. The summed E-state index contributed by atoms with van der Waals surface area (Å²) in [6.07, 6.45) is -0.411. The Morgan fingerprint density at radius 3 is 2.65 bits per heavy atom. The number of nitrogens with zero attached hydrogens (tertiary/aromatic N) is 1. The van der Waals surface area contributed by atoms with Crippen molar-refractivity contribution in [3.05, 3.63) is 29.3 Å². The molecule has 0 amide bonds. The molecule has 2 unspecified atom stereocenters. The third-order valence-electron chi connectivity index (χ3n) is 2.69. The summed E-state index contributed by atoms with van der Waals surface area (Å²) in [6.45, 7) is 8.92. The average molecular weight is 232 g/mol. The van der Waals surface area contributed by atoms with E-state index in [1.54, 1.807) is 6.92 Å². The smallest absolute Gasteiger partial charge is 0.181 e. The van der Waals surface area contributed by atoms with Crippen molar-refractivity contribution in [1.82, 2.24) is 5.32 Å². The Bertz CT molecular complexity index is 409. The van der Waals surface area contributed by atoms with Gasteiger partial charge in [0.05, 0.1) is 0 Å². The standard InChI is InChI=1S/C14H20N2O/c1-5-16-12(4)13-6-7-14(10(2)8-13)17-11(3)9-15/h6-8,11-12,16H,5H2,1-4H3. The second-order valence-electron chi connectivity index (χ2n) is 4.19. The molecule has 0 fully saturated rings.